The van der Waals surface area contributed by atoms with E-state index in [0.29, 0.717) is 13.1 Å². The van der Waals surface area contributed by atoms with Gasteiger partial charge in [-0.2, -0.15) is 18.4 Å². The number of ether oxygens (including phenoxy) is 1. The Bertz CT molecular complexity index is 573. The van der Waals surface area contributed by atoms with Crippen molar-refractivity contribution in [1.29, 1.82) is 5.26 Å². The largest absolute Gasteiger partial charge is 0.483 e. The molecule has 1 aromatic rings. The van der Waals surface area contributed by atoms with Crippen molar-refractivity contribution in [3.63, 3.8) is 0 Å². The van der Waals surface area contributed by atoms with Crippen molar-refractivity contribution in [1.82, 2.24) is 4.90 Å². The molecule has 0 unspecified atom stereocenters. The maximum atomic E-state index is 12.9. The zero-order chi connectivity index (χ0) is 15.5. The fourth-order valence-corrected chi connectivity index (χ4v) is 2.14. The first-order valence-electron chi connectivity index (χ1n) is 6.44. The molecule has 7 heteroatoms. The summed E-state index contributed by atoms with van der Waals surface area (Å²) < 4.78 is 43.7. The summed E-state index contributed by atoms with van der Waals surface area (Å²) in [5, 5.41) is 8.66. The Hall–Kier alpha value is -2.23. The van der Waals surface area contributed by atoms with E-state index in [1.54, 1.807) is 11.0 Å². The molecule has 1 aliphatic heterocycles. The zero-order valence-corrected chi connectivity index (χ0v) is 11.1. The number of halogens is 3. The second-order valence-electron chi connectivity index (χ2n) is 4.70. The van der Waals surface area contributed by atoms with Gasteiger partial charge >= 0.3 is 6.18 Å². The molecule has 1 aliphatic rings. The van der Waals surface area contributed by atoms with Crippen LogP contribution in [0, 0.1) is 11.3 Å². The van der Waals surface area contributed by atoms with Gasteiger partial charge < -0.3 is 9.64 Å². The number of hydrogen-bond acceptors (Lipinski definition) is 3. The fourth-order valence-electron chi connectivity index (χ4n) is 2.14. The van der Waals surface area contributed by atoms with Crippen LogP contribution in [-0.4, -0.2) is 30.5 Å². The molecule has 0 spiro atoms. The maximum Gasteiger partial charge on any atom is 0.420 e. The van der Waals surface area contributed by atoms with Gasteiger partial charge in [-0.05, 0) is 31.0 Å². The van der Waals surface area contributed by atoms with Gasteiger partial charge in [0.25, 0.3) is 5.91 Å². The van der Waals surface area contributed by atoms with Crippen LogP contribution < -0.4 is 4.74 Å². The van der Waals surface area contributed by atoms with Crippen LogP contribution in [0.25, 0.3) is 0 Å². The minimum atomic E-state index is -4.64. The van der Waals surface area contributed by atoms with Crippen LogP contribution in [0.3, 0.4) is 0 Å². The summed E-state index contributed by atoms with van der Waals surface area (Å²) in [6.07, 6.45) is -2.84. The number of amides is 1. The number of benzene rings is 1. The summed E-state index contributed by atoms with van der Waals surface area (Å²) in [4.78, 5) is 13.3. The van der Waals surface area contributed by atoms with E-state index in [1.807, 2.05) is 0 Å². The highest BCUT2D eigenvalue weighted by molar-refractivity contribution is 5.78. The van der Waals surface area contributed by atoms with Crippen molar-refractivity contribution in [2.75, 3.05) is 19.7 Å². The van der Waals surface area contributed by atoms with Crippen LogP contribution in [-0.2, 0) is 11.0 Å². The van der Waals surface area contributed by atoms with Crippen LogP contribution in [0.2, 0.25) is 0 Å². The SMILES string of the molecule is N#Cc1ccc(OCC(=O)N2CCCC2)c(C(F)(F)F)c1. The quantitative estimate of drug-likeness (QED) is 0.862. The molecule has 0 radical (unpaired) electrons. The number of hydrogen-bond donors (Lipinski definition) is 0. The van der Waals surface area contributed by atoms with Gasteiger partial charge in [-0.3, -0.25) is 4.79 Å². The molecule has 1 fully saturated rings. The Balaban J connectivity index is 2.12. The summed E-state index contributed by atoms with van der Waals surface area (Å²) >= 11 is 0. The number of carbonyl (C=O) groups excluding carboxylic acids is 1. The second-order valence-corrected chi connectivity index (χ2v) is 4.70. The molecular formula is C14H13F3N2O2. The Kier molecular flexibility index (Phi) is 4.36. The third-order valence-electron chi connectivity index (χ3n) is 3.22. The van der Waals surface area contributed by atoms with Gasteiger partial charge in [0.2, 0.25) is 0 Å². The van der Waals surface area contributed by atoms with Crippen molar-refractivity contribution in [2.45, 2.75) is 19.0 Å². The van der Waals surface area contributed by atoms with Gasteiger partial charge in [-0.25, -0.2) is 0 Å². The highest BCUT2D eigenvalue weighted by Gasteiger charge is 2.35. The second kappa shape index (κ2) is 6.04. The predicted molar refractivity (Wildman–Crippen MR) is 67.5 cm³/mol. The first-order chi connectivity index (χ1) is 9.91. The van der Waals surface area contributed by atoms with Crippen molar-refractivity contribution < 1.29 is 22.7 Å². The van der Waals surface area contributed by atoms with Crippen LogP contribution in [0.4, 0.5) is 13.2 Å². The molecule has 21 heavy (non-hydrogen) atoms. The van der Waals surface area contributed by atoms with Crippen LogP contribution in [0.1, 0.15) is 24.0 Å². The highest BCUT2D eigenvalue weighted by Crippen LogP contribution is 2.36. The Morgan fingerprint density at radius 1 is 1.33 bits per heavy atom. The van der Waals surface area contributed by atoms with Gasteiger partial charge in [0.15, 0.2) is 6.61 Å². The van der Waals surface area contributed by atoms with Crippen LogP contribution in [0.15, 0.2) is 18.2 Å². The lowest BCUT2D eigenvalue weighted by Crippen LogP contribution is -2.32. The van der Waals surface area contributed by atoms with E-state index in [-0.39, 0.29) is 11.5 Å². The number of likely N-dealkylation sites (tertiary alicyclic amines) is 1. The minimum absolute atomic E-state index is 0.111. The van der Waals surface area contributed by atoms with E-state index in [0.717, 1.165) is 25.0 Å². The number of nitrogens with zero attached hydrogens (tertiary/aromatic N) is 2. The Morgan fingerprint density at radius 3 is 2.57 bits per heavy atom. The summed E-state index contributed by atoms with van der Waals surface area (Å²) in [5.41, 5.74) is -1.16. The Morgan fingerprint density at radius 2 is 2.00 bits per heavy atom. The topological polar surface area (TPSA) is 53.3 Å². The summed E-state index contributed by atoms with van der Waals surface area (Å²) in [5.74, 6) is -0.765. The molecule has 4 nitrogen and oxygen atoms in total. The molecule has 0 aliphatic carbocycles. The van der Waals surface area contributed by atoms with E-state index in [1.165, 1.54) is 6.07 Å². The van der Waals surface area contributed by atoms with Gasteiger partial charge in [0.05, 0.1) is 17.2 Å². The van der Waals surface area contributed by atoms with Crippen molar-refractivity contribution in [3.8, 4) is 11.8 Å². The summed E-state index contributed by atoms with van der Waals surface area (Å²) in [7, 11) is 0. The van der Waals surface area contributed by atoms with Gasteiger partial charge in [-0.1, -0.05) is 0 Å². The number of alkyl halides is 3. The lowest BCUT2D eigenvalue weighted by molar-refractivity contribution is -0.140. The van der Waals surface area contributed by atoms with Crippen molar-refractivity contribution >= 4 is 5.91 Å². The molecular weight excluding hydrogens is 285 g/mol. The van der Waals surface area contributed by atoms with E-state index >= 15 is 0 Å². The lowest BCUT2D eigenvalue weighted by atomic mass is 10.1. The predicted octanol–water partition coefficient (Wildman–Crippen LogP) is 2.58. The third kappa shape index (κ3) is 3.66. The molecule has 0 bridgehead atoms. The van der Waals surface area contributed by atoms with E-state index in [4.69, 9.17) is 10.00 Å². The smallest absolute Gasteiger partial charge is 0.420 e. The molecule has 0 atom stereocenters. The number of nitriles is 1. The summed E-state index contributed by atoms with van der Waals surface area (Å²) in [6, 6.07) is 4.66. The highest BCUT2D eigenvalue weighted by atomic mass is 19.4. The minimum Gasteiger partial charge on any atom is -0.483 e. The molecule has 1 heterocycles. The fraction of sp³-hybridized carbons (Fsp3) is 0.429. The molecule has 1 amide bonds. The van der Waals surface area contributed by atoms with E-state index in [9.17, 15) is 18.0 Å². The Labute approximate surface area is 119 Å². The first kappa shape index (κ1) is 15.2. The first-order valence-corrected chi connectivity index (χ1v) is 6.44. The molecule has 1 saturated heterocycles. The molecule has 0 saturated carbocycles. The average molecular weight is 298 g/mol. The number of carbonyl (C=O) groups is 1. The molecule has 0 N–H and O–H groups in total. The van der Waals surface area contributed by atoms with Gasteiger partial charge in [-0.15, -0.1) is 0 Å². The normalized spacial score (nSPS) is 14.9. The summed E-state index contributed by atoms with van der Waals surface area (Å²) in [6.45, 7) is 0.790. The van der Waals surface area contributed by atoms with E-state index in [2.05, 4.69) is 0 Å². The standard InChI is InChI=1S/C14H13F3N2O2/c15-14(16,17)11-7-10(8-18)3-4-12(11)21-9-13(20)19-5-1-2-6-19/h3-4,7H,1-2,5-6,9H2. The monoisotopic (exact) mass is 298 g/mol. The van der Waals surface area contributed by atoms with Crippen molar-refractivity contribution in [3.05, 3.63) is 29.3 Å². The maximum absolute atomic E-state index is 12.9. The molecule has 0 aromatic heterocycles. The molecule has 2 rings (SSSR count). The third-order valence-corrected chi connectivity index (χ3v) is 3.22. The average Bonchev–Trinajstić information content (AvgIpc) is 2.97. The van der Waals surface area contributed by atoms with Crippen LogP contribution >= 0.6 is 0 Å². The molecule has 112 valence electrons. The van der Waals surface area contributed by atoms with Gasteiger partial charge in [0, 0.05) is 13.1 Å². The lowest BCUT2D eigenvalue weighted by Gasteiger charge is -2.17. The number of rotatable bonds is 3. The van der Waals surface area contributed by atoms with Gasteiger partial charge in [0.1, 0.15) is 5.75 Å². The van der Waals surface area contributed by atoms with Crippen molar-refractivity contribution in [2.24, 2.45) is 0 Å². The zero-order valence-electron chi connectivity index (χ0n) is 11.1. The van der Waals surface area contributed by atoms with Crippen LogP contribution in [0.5, 0.6) is 5.75 Å². The van der Waals surface area contributed by atoms with E-state index < -0.39 is 24.1 Å². The molecule has 1 aromatic carbocycles.